The number of amides is 1. The van der Waals surface area contributed by atoms with E-state index in [-0.39, 0.29) is 11.8 Å². The third kappa shape index (κ3) is 2.86. The average Bonchev–Trinajstić information content (AvgIpc) is 3.05. The Balaban J connectivity index is 1.56. The summed E-state index contributed by atoms with van der Waals surface area (Å²) in [6.07, 6.45) is 2.33. The smallest absolute Gasteiger partial charge is 0.339 e. The predicted molar refractivity (Wildman–Crippen MR) is 100 cm³/mol. The molecule has 0 saturated carbocycles. The second-order valence-electron chi connectivity index (χ2n) is 6.59. The molecule has 1 aliphatic carbocycles. The third-order valence-corrected chi connectivity index (χ3v) is 5.06. The molecule has 5 heteroatoms. The summed E-state index contributed by atoms with van der Waals surface area (Å²) in [6.45, 7) is 0. The zero-order valence-electron chi connectivity index (χ0n) is 14.5. The minimum Gasteiger partial charge on any atom is -0.465 e. The summed E-state index contributed by atoms with van der Waals surface area (Å²) < 4.78 is 4.79. The van der Waals surface area contributed by atoms with Gasteiger partial charge < -0.3 is 15.0 Å². The quantitative estimate of drug-likeness (QED) is 0.709. The summed E-state index contributed by atoms with van der Waals surface area (Å²) in [7, 11) is 1.33. The Morgan fingerprint density at radius 2 is 1.88 bits per heavy atom. The van der Waals surface area contributed by atoms with Gasteiger partial charge in [0, 0.05) is 22.5 Å². The number of aryl methyl sites for hydroxylation is 1. The van der Waals surface area contributed by atoms with Gasteiger partial charge in [-0.1, -0.05) is 30.3 Å². The number of ether oxygens (including phenoxy) is 1. The Labute approximate surface area is 151 Å². The Kier molecular flexibility index (Phi) is 4.21. The number of H-pyrrole nitrogens is 1. The molecule has 2 N–H and O–H groups in total. The SMILES string of the molecule is COC(=O)c1ccccc1NC(=O)C1CCc2[nH]c3ccccc3c2C1. The predicted octanol–water partition coefficient (Wildman–Crippen LogP) is 3.70. The van der Waals surface area contributed by atoms with Gasteiger partial charge >= 0.3 is 5.97 Å². The summed E-state index contributed by atoms with van der Waals surface area (Å²) in [5.41, 5.74) is 4.44. The van der Waals surface area contributed by atoms with E-state index in [0.717, 1.165) is 18.4 Å². The number of methoxy groups -OCH3 is 1. The van der Waals surface area contributed by atoms with Crippen LogP contribution in [-0.2, 0) is 22.4 Å². The van der Waals surface area contributed by atoms with Crippen LogP contribution in [0.4, 0.5) is 5.69 Å². The molecule has 1 heterocycles. The van der Waals surface area contributed by atoms with E-state index >= 15 is 0 Å². The van der Waals surface area contributed by atoms with Gasteiger partial charge in [0.05, 0.1) is 18.4 Å². The number of para-hydroxylation sites is 2. The molecule has 1 aliphatic rings. The number of carbonyl (C=O) groups is 2. The number of aromatic amines is 1. The zero-order valence-corrected chi connectivity index (χ0v) is 14.5. The Bertz CT molecular complexity index is 990. The van der Waals surface area contributed by atoms with Crippen LogP contribution in [0.5, 0.6) is 0 Å². The molecule has 2 aromatic carbocycles. The lowest BCUT2D eigenvalue weighted by atomic mass is 9.85. The van der Waals surface area contributed by atoms with E-state index in [9.17, 15) is 9.59 Å². The van der Waals surface area contributed by atoms with Gasteiger partial charge in [-0.3, -0.25) is 4.79 Å². The highest BCUT2D eigenvalue weighted by molar-refractivity contribution is 6.02. The number of anilines is 1. The molecule has 5 nitrogen and oxygen atoms in total. The monoisotopic (exact) mass is 348 g/mol. The number of esters is 1. The van der Waals surface area contributed by atoms with Crippen LogP contribution in [-0.4, -0.2) is 24.0 Å². The normalized spacial score (nSPS) is 16.1. The molecular weight excluding hydrogens is 328 g/mol. The molecule has 0 bridgehead atoms. The van der Waals surface area contributed by atoms with Gasteiger partial charge in [0.15, 0.2) is 0 Å². The molecule has 132 valence electrons. The van der Waals surface area contributed by atoms with Crippen molar-refractivity contribution in [2.24, 2.45) is 5.92 Å². The number of benzene rings is 2. The molecule has 0 spiro atoms. The fourth-order valence-electron chi connectivity index (χ4n) is 3.71. The molecule has 1 atom stereocenters. The van der Waals surface area contributed by atoms with Gasteiger partial charge in [-0.15, -0.1) is 0 Å². The Morgan fingerprint density at radius 3 is 2.73 bits per heavy atom. The minimum atomic E-state index is -0.455. The van der Waals surface area contributed by atoms with Crippen LogP contribution in [0.1, 0.15) is 28.0 Å². The lowest BCUT2D eigenvalue weighted by molar-refractivity contribution is -0.120. The topological polar surface area (TPSA) is 71.2 Å². The van der Waals surface area contributed by atoms with Crippen LogP contribution in [0.15, 0.2) is 48.5 Å². The molecule has 1 aromatic heterocycles. The maximum Gasteiger partial charge on any atom is 0.339 e. The number of carbonyl (C=O) groups excluding carboxylic acids is 2. The average molecular weight is 348 g/mol. The molecule has 1 unspecified atom stereocenters. The largest absolute Gasteiger partial charge is 0.465 e. The fraction of sp³-hybridized carbons (Fsp3) is 0.238. The van der Waals surface area contributed by atoms with Crippen LogP contribution in [0.2, 0.25) is 0 Å². The van der Waals surface area contributed by atoms with E-state index in [2.05, 4.69) is 22.4 Å². The van der Waals surface area contributed by atoms with E-state index in [1.165, 1.54) is 23.8 Å². The van der Waals surface area contributed by atoms with E-state index in [1.807, 2.05) is 12.1 Å². The van der Waals surface area contributed by atoms with E-state index in [1.54, 1.807) is 24.3 Å². The number of hydrogen-bond acceptors (Lipinski definition) is 3. The summed E-state index contributed by atoms with van der Waals surface area (Å²) in [6, 6.07) is 15.1. The molecule has 4 rings (SSSR count). The molecular formula is C21H20N2O3. The molecule has 0 fully saturated rings. The van der Waals surface area contributed by atoms with Crippen LogP contribution in [0.25, 0.3) is 10.9 Å². The van der Waals surface area contributed by atoms with E-state index in [4.69, 9.17) is 4.74 Å². The molecule has 3 aromatic rings. The Morgan fingerprint density at radius 1 is 1.12 bits per heavy atom. The van der Waals surface area contributed by atoms with Crippen molar-refractivity contribution in [3.63, 3.8) is 0 Å². The van der Waals surface area contributed by atoms with Crippen LogP contribution in [0, 0.1) is 5.92 Å². The summed E-state index contributed by atoms with van der Waals surface area (Å²) in [4.78, 5) is 28.2. The fourth-order valence-corrected chi connectivity index (χ4v) is 3.71. The second-order valence-corrected chi connectivity index (χ2v) is 6.59. The van der Waals surface area contributed by atoms with Crippen molar-refractivity contribution in [1.29, 1.82) is 0 Å². The van der Waals surface area contributed by atoms with Crippen molar-refractivity contribution in [3.05, 3.63) is 65.4 Å². The van der Waals surface area contributed by atoms with Crippen LogP contribution in [0.3, 0.4) is 0 Å². The minimum absolute atomic E-state index is 0.0581. The van der Waals surface area contributed by atoms with Crippen molar-refractivity contribution in [2.75, 3.05) is 12.4 Å². The first kappa shape index (κ1) is 16.4. The second kappa shape index (κ2) is 6.67. The van der Waals surface area contributed by atoms with Crippen LogP contribution < -0.4 is 5.32 Å². The number of rotatable bonds is 3. The van der Waals surface area contributed by atoms with E-state index < -0.39 is 5.97 Å². The lowest BCUT2D eigenvalue weighted by Gasteiger charge is -2.22. The number of aromatic nitrogens is 1. The van der Waals surface area contributed by atoms with Gasteiger partial charge in [-0.05, 0) is 43.0 Å². The lowest BCUT2D eigenvalue weighted by Crippen LogP contribution is -2.28. The molecule has 1 amide bonds. The number of nitrogens with one attached hydrogen (secondary N) is 2. The zero-order chi connectivity index (χ0) is 18.1. The standard InChI is InChI=1S/C21H20N2O3/c1-26-21(25)15-7-3-5-9-18(15)23-20(24)13-10-11-19-16(12-13)14-6-2-4-8-17(14)22-19/h2-9,13,22H,10-12H2,1H3,(H,23,24). The molecule has 0 radical (unpaired) electrons. The van der Waals surface area contributed by atoms with Crippen molar-refractivity contribution >= 4 is 28.5 Å². The molecule has 0 aliphatic heterocycles. The number of hydrogen-bond donors (Lipinski definition) is 2. The third-order valence-electron chi connectivity index (χ3n) is 5.06. The first-order chi connectivity index (χ1) is 12.7. The van der Waals surface area contributed by atoms with Crippen molar-refractivity contribution in [3.8, 4) is 0 Å². The van der Waals surface area contributed by atoms with Crippen molar-refractivity contribution < 1.29 is 14.3 Å². The highest BCUT2D eigenvalue weighted by atomic mass is 16.5. The molecule has 0 saturated heterocycles. The van der Waals surface area contributed by atoms with Crippen molar-refractivity contribution in [1.82, 2.24) is 4.98 Å². The highest BCUT2D eigenvalue weighted by Gasteiger charge is 2.28. The highest BCUT2D eigenvalue weighted by Crippen LogP contribution is 2.32. The van der Waals surface area contributed by atoms with Gasteiger partial charge in [0.25, 0.3) is 0 Å². The maximum absolute atomic E-state index is 12.8. The first-order valence-electron chi connectivity index (χ1n) is 8.74. The van der Waals surface area contributed by atoms with Crippen LogP contribution >= 0.6 is 0 Å². The molecule has 26 heavy (non-hydrogen) atoms. The van der Waals surface area contributed by atoms with Crippen molar-refractivity contribution in [2.45, 2.75) is 19.3 Å². The van der Waals surface area contributed by atoms with Gasteiger partial charge in [-0.25, -0.2) is 4.79 Å². The Hall–Kier alpha value is -3.08. The van der Waals surface area contributed by atoms with E-state index in [0.29, 0.717) is 17.7 Å². The van der Waals surface area contributed by atoms with Gasteiger partial charge in [0.1, 0.15) is 0 Å². The van der Waals surface area contributed by atoms with Gasteiger partial charge in [0.2, 0.25) is 5.91 Å². The number of fused-ring (bicyclic) bond motifs is 3. The maximum atomic E-state index is 12.8. The summed E-state index contributed by atoms with van der Waals surface area (Å²) in [5, 5.41) is 4.11. The van der Waals surface area contributed by atoms with Gasteiger partial charge in [-0.2, -0.15) is 0 Å². The first-order valence-corrected chi connectivity index (χ1v) is 8.74. The summed E-state index contributed by atoms with van der Waals surface area (Å²) >= 11 is 0. The summed E-state index contributed by atoms with van der Waals surface area (Å²) in [5.74, 6) is -0.631.